The van der Waals surface area contributed by atoms with Crippen molar-refractivity contribution in [3.05, 3.63) is 34.3 Å². The van der Waals surface area contributed by atoms with Gasteiger partial charge >= 0.3 is 0 Å². The second kappa shape index (κ2) is 6.32. The summed E-state index contributed by atoms with van der Waals surface area (Å²) in [6, 6.07) is 2.09. The van der Waals surface area contributed by atoms with Crippen LogP contribution in [0.2, 0.25) is 0 Å². The van der Waals surface area contributed by atoms with E-state index in [4.69, 9.17) is 9.47 Å². The zero-order chi connectivity index (χ0) is 12.8. The average molecular weight is 265 g/mol. The molecule has 2 rings (SSSR count). The molecule has 2 aromatic rings. The Morgan fingerprint density at radius 3 is 2.44 bits per heavy atom. The van der Waals surface area contributed by atoms with Gasteiger partial charge in [-0.15, -0.1) is 0 Å². The molecule has 0 aromatic carbocycles. The third-order valence-corrected chi connectivity index (χ3v) is 3.20. The fourth-order valence-electron chi connectivity index (χ4n) is 1.61. The maximum Gasteiger partial charge on any atom is 0.224 e. The molecule has 0 aliphatic carbocycles. The highest BCUT2D eigenvalue weighted by Gasteiger charge is 2.12. The molecule has 0 aliphatic heterocycles. The summed E-state index contributed by atoms with van der Waals surface area (Å²) in [5.41, 5.74) is 2.09. The van der Waals surface area contributed by atoms with E-state index in [-0.39, 0.29) is 0 Å². The van der Waals surface area contributed by atoms with E-state index in [1.807, 2.05) is 0 Å². The molecule has 0 fully saturated rings. The third-order valence-electron chi connectivity index (χ3n) is 2.46. The van der Waals surface area contributed by atoms with Crippen molar-refractivity contribution in [2.45, 2.75) is 13.1 Å². The molecule has 0 amide bonds. The molecule has 96 valence electrons. The lowest BCUT2D eigenvalue weighted by molar-refractivity contribution is 0.359. The Balaban J connectivity index is 2.03. The first-order valence-electron chi connectivity index (χ1n) is 5.48. The average Bonchev–Trinajstić information content (AvgIpc) is 2.92. The SMILES string of the molecule is COc1ncnc(OC)c1CNCc1ccsc1. The van der Waals surface area contributed by atoms with Gasteiger partial charge in [0.1, 0.15) is 6.33 Å². The van der Waals surface area contributed by atoms with Gasteiger partial charge in [0.15, 0.2) is 0 Å². The number of hydrogen-bond acceptors (Lipinski definition) is 6. The van der Waals surface area contributed by atoms with Crippen molar-refractivity contribution in [3.63, 3.8) is 0 Å². The van der Waals surface area contributed by atoms with Crippen molar-refractivity contribution in [2.24, 2.45) is 0 Å². The van der Waals surface area contributed by atoms with Crippen LogP contribution in [0.15, 0.2) is 23.2 Å². The molecule has 18 heavy (non-hydrogen) atoms. The quantitative estimate of drug-likeness (QED) is 0.863. The van der Waals surface area contributed by atoms with Crippen molar-refractivity contribution in [1.82, 2.24) is 15.3 Å². The minimum atomic E-state index is 0.541. The topological polar surface area (TPSA) is 56.3 Å². The van der Waals surface area contributed by atoms with Crippen molar-refractivity contribution in [2.75, 3.05) is 14.2 Å². The smallest absolute Gasteiger partial charge is 0.224 e. The van der Waals surface area contributed by atoms with E-state index < -0.39 is 0 Å². The predicted octanol–water partition coefficient (Wildman–Crippen LogP) is 1.85. The molecule has 0 radical (unpaired) electrons. The number of aromatic nitrogens is 2. The Kier molecular flexibility index (Phi) is 4.49. The van der Waals surface area contributed by atoms with Gasteiger partial charge in [0.05, 0.1) is 19.8 Å². The van der Waals surface area contributed by atoms with Gasteiger partial charge < -0.3 is 14.8 Å². The zero-order valence-corrected chi connectivity index (χ0v) is 11.2. The van der Waals surface area contributed by atoms with Crippen molar-refractivity contribution in [3.8, 4) is 11.8 Å². The van der Waals surface area contributed by atoms with Crippen LogP contribution in [0.1, 0.15) is 11.1 Å². The zero-order valence-electron chi connectivity index (χ0n) is 10.3. The number of ether oxygens (including phenoxy) is 2. The molecule has 0 unspecified atom stereocenters. The highest BCUT2D eigenvalue weighted by Crippen LogP contribution is 2.23. The minimum absolute atomic E-state index is 0.541. The Morgan fingerprint density at radius 1 is 1.17 bits per heavy atom. The summed E-state index contributed by atoms with van der Waals surface area (Å²) < 4.78 is 10.4. The summed E-state index contributed by atoms with van der Waals surface area (Å²) in [6.45, 7) is 1.40. The van der Waals surface area contributed by atoms with Crippen LogP contribution in [0.4, 0.5) is 0 Å². The van der Waals surface area contributed by atoms with E-state index >= 15 is 0 Å². The van der Waals surface area contributed by atoms with E-state index in [9.17, 15) is 0 Å². The summed E-state index contributed by atoms with van der Waals surface area (Å²) in [5, 5.41) is 7.49. The van der Waals surface area contributed by atoms with Crippen LogP contribution in [0.25, 0.3) is 0 Å². The largest absolute Gasteiger partial charge is 0.481 e. The van der Waals surface area contributed by atoms with Gasteiger partial charge in [-0.2, -0.15) is 11.3 Å². The van der Waals surface area contributed by atoms with E-state index in [1.165, 1.54) is 11.9 Å². The maximum absolute atomic E-state index is 5.21. The predicted molar refractivity (Wildman–Crippen MR) is 70.0 cm³/mol. The van der Waals surface area contributed by atoms with Crippen LogP contribution in [-0.2, 0) is 13.1 Å². The minimum Gasteiger partial charge on any atom is -0.481 e. The lowest BCUT2D eigenvalue weighted by Gasteiger charge is -2.11. The standard InChI is InChI=1S/C12H15N3O2S/c1-16-11-10(12(17-2)15-8-14-11)6-13-5-9-3-4-18-7-9/h3-4,7-8,13H,5-6H2,1-2H3. The van der Waals surface area contributed by atoms with Crippen LogP contribution >= 0.6 is 11.3 Å². The Labute approximate surface area is 110 Å². The van der Waals surface area contributed by atoms with E-state index in [0.29, 0.717) is 18.3 Å². The van der Waals surface area contributed by atoms with Crippen LogP contribution in [0, 0.1) is 0 Å². The Hall–Kier alpha value is -1.66. The molecular formula is C12H15N3O2S. The number of thiophene rings is 1. The van der Waals surface area contributed by atoms with Crippen molar-refractivity contribution < 1.29 is 9.47 Å². The first-order valence-corrected chi connectivity index (χ1v) is 6.43. The lowest BCUT2D eigenvalue weighted by atomic mass is 10.3. The van der Waals surface area contributed by atoms with Crippen molar-refractivity contribution >= 4 is 11.3 Å². The summed E-state index contributed by atoms with van der Waals surface area (Å²) in [7, 11) is 3.17. The second-order valence-corrected chi connectivity index (χ2v) is 4.39. The van der Waals surface area contributed by atoms with Gasteiger partial charge in [-0.05, 0) is 22.4 Å². The van der Waals surface area contributed by atoms with Gasteiger partial charge in [-0.1, -0.05) is 0 Å². The summed E-state index contributed by atoms with van der Waals surface area (Å²) in [4.78, 5) is 8.14. The second-order valence-electron chi connectivity index (χ2n) is 3.61. The normalized spacial score (nSPS) is 10.3. The summed E-state index contributed by atoms with van der Waals surface area (Å²) in [5.74, 6) is 1.08. The molecule has 6 heteroatoms. The summed E-state index contributed by atoms with van der Waals surface area (Å²) >= 11 is 1.69. The number of methoxy groups -OCH3 is 2. The molecule has 5 nitrogen and oxygen atoms in total. The molecule has 1 N–H and O–H groups in total. The van der Waals surface area contributed by atoms with E-state index in [1.54, 1.807) is 25.6 Å². The highest BCUT2D eigenvalue weighted by molar-refractivity contribution is 7.07. The third kappa shape index (κ3) is 2.96. The molecule has 2 heterocycles. The summed E-state index contributed by atoms with van der Waals surface area (Å²) in [6.07, 6.45) is 1.43. The Morgan fingerprint density at radius 2 is 1.89 bits per heavy atom. The van der Waals surface area contributed by atoms with Crippen LogP contribution in [0.3, 0.4) is 0 Å². The molecule has 0 spiro atoms. The molecule has 0 bridgehead atoms. The fourth-order valence-corrected chi connectivity index (χ4v) is 2.28. The molecule has 0 saturated carbocycles. The first-order chi connectivity index (χ1) is 8.85. The van der Waals surface area contributed by atoms with Gasteiger partial charge in [0.2, 0.25) is 11.8 Å². The van der Waals surface area contributed by atoms with Gasteiger partial charge in [-0.3, -0.25) is 0 Å². The number of hydrogen-bond donors (Lipinski definition) is 1. The molecule has 0 aliphatic rings. The lowest BCUT2D eigenvalue weighted by Crippen LogP contribution is -2.14. The van der Waals surface area contributed by atoms with E-state index in [0.717, 1.165) is 12.1 Å². The van der Waals surface area contributed by atoms with E-state index in [2.05, 4.69) is 32.1 Å². The van der Waals surface area contributed by atoms with Crippen molar-refractivity contribution in [1.29, 1.82) is 0 Å². The van der Waals surface area contributed by atoms with Gasteiger partial charge in [0.25, 0.3) is 0 Å². The monoisotopic (exact) mass is 265 g/mol. The molecule has 2 aromatic heterocycles. The fraction of sp³-hybridized carbons (Fsp3) is 0.333. The molecule has 0 saturated heterocycles. The molecule has 0 atom stereocenters. The number of nitrogens with zero attached hydrogens (tertiary/aromatic N) is 2. The van der Waals surface area contributed by atoms with Crippen LogP contribution < -0.4 is 14.8 Å². The maximum atomic E-state index is 5.21. The number of nitrogens with one attached hydrogen (secondary N) is 1. The van der Waals surface area contributed by atoms with Crippen LogP contribution in [0.5, 0.6) is 11.8 Å². The molecular weight excluding hydrogens is 250 g/mol. The first kappa shape index (κ1) is 12.8. The van der Waals surface area contributed by atoms with Gasteiger partial charge in [-0.25, -0.2) is 9.97 Å². The Bertz CT molecular complexity index is 466. The number of rotatable bonds is 6. The highest BCUT2D eigenvalue weighted by atomic mass is 32.1. The van der Waals surface area contributed by atoms with Gasteiger partial charge in [0, 0.05) is 13.1 Å². The van der Waals surface area contributed by atoms with Crippen LogP contribution in [-0.4, -0.2) is 24.2 Å².